The Labute approximate surface area is 214 Å². The van der Waals surface area contributed by atoms with Gasteiger partial charge in [-0.3, -0.25) is 14.4 Å². The Hall–Kier alpha value is -3.09. The first kappa shape index (κ1) is 29.1. The molecule has 9 N–H and O–H groups in total. The monoisotopic (exact) mass is 520 g/mol. The number of hydrogen-bond acceptors (Lipinski definition) is 7. The van der Waals surface area contributed by atoms with Gasteiger partial charge in [0.2, 0.25) is 17.7 Å². The van der Waals surface area contributed by atoms with E-state index in [1.165, 1.54) is 11.8 Å². The van der Waals surface area contributed by atoms with Crippen molar-refractivity contribution in [2.45, 2.75) is 50.2 Å². The summed E-state index contributed by atoms with van der Waals surface area (Å²) in [7, 11) is 0. The number of rotatable bonds is 16. The van der Waals surface area contributed by atoms with Gasteiger partial charge < -0.3 is 37.5 Å². The predicted molar refractivity (Wildman–Crippen MR) is 140 cm³/mol. The van der Waals surface area contributed by atoms with Gasteiger partial charge in [-0.05, 0) is 62.3 Å². The number of carbonyl (C=O) groups is 4. The van der Waals surface area contributed by atoms with E-state index in [-0.39, 0.29) is 12.8 Å². The average Bonchev–Trinajstić information content (AvgIpc) is 3.27. The molecule has 1 aromatic heterocycles. The molecular formula is C24H36N6O5S. The van der Waals surface area contributed by atoms with Crippen molar-refractivity contribution in [2.24, 2.45) is 11.5 Å². The van der Waals surface area contributed by atoms with Crippen LogP contribution in [0.5, 0.6) is 0 Å². The lowest BCUT2D eigenvalue weighted by Crippen LogP contribution is -2.54. The molecule has 12 heteroatoms. The second-order valence-corrected chi connectivity index (χ2v) is 9.46. The van der Waals surface area contributed by atoms with E-state index in [0.717, 1.165) is 16.5 Å². The molecule has 1 heterocycles. The van der Waals surface area contributed by atoms with E-state index in [0.29, 0.717) is 31.6 Å². The maximum Gasteiger partial charge on any atom is 0.326 e. The van der Waals surface area contributed by atoms with Crippen molar-refractivity contribution in [2.75, 3.05) is 25.1 Å². The molecule has 198 valence electrons. The van der Waals surface area contributed by atoms with Gasteiger partial charge in [0.25, 0.3) is 0 Å². The summed E-state index contributed by atoms with van der Waals surface area (Å²) in [6, 6.07) is 4.88. The Kier molecular flexibility index (Phi) is 12.2. The van der Waals surface area contributed by atoms with Gasteiger partial charge in [0.1, 0.15) is 12.1 Å². The zero-order valence-electron chi connectivity index (χ0n) is 20.4. The molecule has 0 aliphatic heterocycles. The minimum atomic E-state index is -1.15. The predicted octanol–water partition coefficient (Wildman–Crippen LogP) is 0.0902. The molecule has 0 spiro atoms. The Morgan fingerprint density at radius 2 is 1.81 bits per heavy atom. The maximum atomic E-state index is 12.8. The summed E-state index contributed by atoms with van der Waals surface area (Å²) in [5.74, 6) is -2.20. The van der Waals surface area contributed by atoms with Gasteiger partial charge in [0, 0.05) is 17.1 Å². The third kappa shape index (κ3) is 9.17. The summed E-state index contributed by atoms with van der Waals surface area (Å²) in [5, 5.41) is 17.8. The number of carbonyl (C=O) groups excluding carboxylic acids is 3. The topological polar surface area (TPSA) is 192 Å². The molecule has 0 saturated heterocycles. The van der Waals surface area contributed by atoms with Crippen LogP contribution in [0.1, 0.15) is 31.2 Å². The number of para-hydroxylation sites is 1. The lowest BCUT2D eigenvalue weighted by Gasteiger charge is -2.21. The second kappa shape index (κ2) is 15.1. The number of amides is 3. The van der Waals surface area contributed by atoms with Crippen molar-refractivity contribution in [1.82, 2.24) is 20.9 Å². The van der Waals surface area contributed by atoms with Crippen molar-refractivity contribution < 1.29 is 24.3 Å². The summed E-state index contributed by atoms with van der Waals surface area (Å²) in [5.41, 5.74) is 13.4. The van der Waals surface area contributed by atoms with E-state index in [9.17, 15) is 24.3 Å². The first-order chi connectivity index (χ1) is 17.3. The molecule has 0 unspecified atom stereocenters. The van der Waals surface area contributed by atoms with Crippen LogP contribution in [0.4, 0.5) is 0 Å². The molecule has 0 fully saturated rings. The minimum Gasteiger partial charge on any atom is -0.480 e. The van der Waals surface area contributed by atoms with Crippen molar-refractivity contribution in [3.63, 3.8) is 0 Å². The molecule has 0 aliphatic rings. The van der Waals surface area contributed by atoms with Crippen LogP contribution in [0.3, 0.4) is 0 Å². The number of nitrogens with two attached hydrogens (primary N) is 2. The first-order valence-electron chi connectivity index (χ1n) is 11.9. The van der Waals surface area contributed by atoms with E-state index in [1.807, 2.05) is 36.7 Å². The highest BCUT2D eigenvalue weighted by Crippen LogP contribution is 2.18. The molecule has 0 bridgehead atoms. The van der Waals surface area contributed by atoms with Gasteiger partial charge in [-0.1, -0.05) is 18.2 Å². The van der Waals surface area contributed by atoms with Crippen molar-refractivity contribution >= 4 is 46.4 Å². The normalized spacial score (nSPS) is 13.5. The van der Waals surface area contributed by atoms with E-state index in [4.69, 9.17) is 11.5 Å². The number of nitrogens with one attached hydrogen (secondary N) is 4. The Morgan fingerprint density at radius 1 is 1.06 bits per heavy atom. The largest absolute Gasteiger partial charge is 0.480 e. The van der Waals surface area contributed by atoms with Crippen LogP contribution >= 0.6 is 11.8 Å². The maximum absolute atomic E-state index is 12.8. The molecule has 2 aromatic rings. The number of aromatic nitrogens is 1. The van der Waals surface area contributed by atoms with Crippen LogP contribution in [-0.2, 0) is 25.6 Å². The van der Waals surface area contributed by atoms with Crippen LogP contribution in [0.15, 0.2) is 30.5 Å². The lowest BCUT2D eigenvalue weighted by atomic mass is 10.0. The van der Waals surface area contributed by atoms with E-state index < -0.39 is 48.4 Å². The fourth-order valence-electron chi connectivity index (χ4n) is 3.70. The zero-order chi connectivity index (χ0) is 26.5. The van der Waals surface area contributed by atoms with Gasteiger partial charge in [-0.15, -0.1) is 0 Å². The number of unbranched alkanes of at least 4 members (excludes halogenated alkanes) is 1. The highest BCUT2D eigenvalue weighted by molar-refractivity contribution is 7.98. The third-order valence-electron chi connectivity index (χ3n) is 5.70. The number of aromatic amines is 1. The summed E-state index contributed by atoms with van der Waals surface area (Å²) < 4.78 is 0. The van der Waals surface area contributed by atoms with Gasteiger partial charge >= 0.3 is 5.97 Å². The third-order valence-corrected chi connectivity index (χ3v) is 6.34. The van der Waals surface area contributed by atoms with Gasteiger partial charge in [0.15, 0.2) is 0 Å². The summed E-state index contributed by atoms with van der Waals surface area (Å²) in [6.07, 6.45) is 5.77. The SMILES string of the molecule is CSCC[C@H](NC(=O)[C@@H](N)Cc1c[nH]c2ccccc12)C(=O)NCC(=O)N[C@@H](CCCCN)C(=O)O. The molecule has 3 amide bonds. The lowest BCUT2D eigenvalue weighted by molar-refractivity contribution is -0.142. The van der Waals surface area contributed by atoms with E-state index in [1.54, 1.807) is 0 Å². The van der Waals surface area contributed by atoms with Crippen LogP contribution < -0.4 is 27.4 Å². The zero-order valence-corrected chi connectivity index (χ0v) is 21.2. The molecule has 1 aromatic carbocycles. The van der Waals surface area contributed by atoms with E-state index >= 15 is 0 Å². The molecule has 0 saturated carbocycles. The quantitative estimate of drug-likeness (QED) is 0.151. The van der Waals surface area contributed by atoms with Gasteiger partial charge in [0.05, 0.1) is 12.6 Å². The molecule has 0 aliphatic carbocycles. The minimum absolute atomic E-state index is 0.243. The number of benzene rings is 1. The number of fused-ring (bicyclic) bond motifs is 1. The molecule has 11 nitrogen and oxygen atoms in total. The number of thioether (sulfide) groups is 1. The highest BCUT2D eigenvalue weighted by atomic mass is 32.2. The first-order valence-corrected chi connectivity index (χ1v) is 13.3. The van der Waals surface area contributed by atoms with Crippen molar-refractivity contribution in [1.29, 1.82) is 0 Å². The highest BCUT2D eigenvalue weighted by Gasteiger charge is 2.25. The Balaban J connectivity index is 1.91. The number of carboxylic acids is 1. The van der Waals surface area contributed by atoms with E-state index in [2.05, 4.69) is 20.9 Å². The summed E-state index contributed by atoms with van der Waals surface area (Å²) >= 11 is 1.51. The molecular weight excluding hydrogens is 484 g/mol. The van der Waals surface area contributed by atoms with Gasteiger partial charge in [-0.25, -0.2) is 4.79 Å². The van der Waals surface area contributed by atoms with Gasteiger partial charge in [-0.2, -0.15) is 11.8 Å². The second-order valence-electron chi connectivity index (χ2n) is 8.47. The molecule has 2 rings (SSSR count). The number of aliphatic carboxylic acids is 1. The average molecular weight is 521 g/mol. The fourth-order valence-corrected chi connectivity index (χ4v) is 4.17. The summed E-state index contributed by atoms with van der Waals surface area (Å²) in [4.78, 5) is 52.3. The number of hydrogen-bond donors (Lipinski definition) is 7. The van der Waals surface area contributed by atoms with Crippen LogP contribution in [0.25, 0.3) is 10.9 Å². The number of H-pyrrole nitrogens is 1. The van der Waals surface area contributed by atoms with Crippen LogP contribution in [0, 0.1) is 0 Å². The molecule has 3 atom stereocenters. The summed E-state index contributed by atoms with van der Waals surface area (Å²) in [6.45, 7) is 0.0253. The number of carboxylic acid groups (broad SMARTS) is 1. The van der Waals surface area contributed by atoms with Crippen molar-refractivity contribution in [3.8, 4) is 0 Å². The molecule has 0 radical (unpaired) electrons. The molecule has 36 heavy (non-hydrogen) atoms. The van der Waals surface area contributed by atoms with Crippen LogP contribution in [0.2, 0.25) is 0 Å². The van der Waals surface area contributed by atoms with Crippen molar-refractivity contribution in [3.05, 3.63) is 36.0 Å². The standard InChI is InChI=1S/C24H36N6O5S/c1-36-11-9-19(23(33)28-14-21(31)29-20(24(34)35)8-4-5-10-25)30-22(32)17(26)12-15-13-27-18-7-3-2-6-16(15)18/h2-3,6-7,13,17,19-20,27H,4-5,8-12,14,25-26H2,1H3,(H,28,33)(H,29,31)(H,30,32)(H,34,35)/t17-,19-,20-/m0/s1. The fraction of sp³-hybridized carbons (Fsp3) is 0.500. The Morgan fingerprint density at radius 3 is 2.50 bits per heavy atom. The smallest absolute Gasteiger partial charge is 0.326 e. The van der Waals surface area contributed by atoms with Crippen LogP contribution in [-0.4, -0.2) is 77.0 Å². The Bertz CT molecular complexity index is 1030.